The molecule has 2 amide bonds. The minimum absolute atomic E-state index is 0.0708. The molecule has 1 aromatic rings. The van der Waals surface area contributed by atoms with Gasteiger partial charge in [0.1, 0.15) is 18.0 Å². The van der Waals surface area contributed by atoms with Gasteiger partial charge >= 0.3 is 0 Å². The van der Waals surface area contributed by atoms with Gasteiger partial charge in [0.15, 0.2) is 0 Å². The SMILES string of the molecule is CCC(=O)C(=O)N(C[C@@H]1CC[C@H]2C[C@@H]1C2(C)C)[C@@H]1C=C(C(=O)NCCO)[C@@H]2c3ccccc3O[C@@H]2[C@H]1O. The maximum atomic E-state index is 13.5. The zero-order valence-corrected chi connectivity index (χ0v) is 21.9. The van der Waals surface area contributed by atoms with E-state index >= 15 is 0 Å². The average molecular weight is 511 g/mol. The van der Waals surface area contributed by atoms with Crippen molar-refractivity contribution in [2.45, 2.75) is 70.6 Å². The van der Waals surface area contributed by atoms with Gasteiger partial charge in [0, 0.05) is 30.6 Å². The molecule has 0 radical (unpaired) electrons. The summed E-state index contributed by atoms with van der Waals surface area (Å²) < 4.78 is 6.16. The van der Waals surface area contributed by atoms with E-state index in [4.69, 9.17) is 4.74 Å². The highest BCUT2D eigenvalue weighted by Gasteiger charge is 2.56. The van der Waals surface area contributed by atoms with Gasteiger partial charge in [-0.25, -0.2) is 0 Å². The molecule has 0 spiro atoms. The smallest absolute Gasteiger partial charge is 0.290 e. The summed E-state index contributed by atoms with van der Waals surface area (Å²) in [6, 6.07) is 6.50. The summed E-state index contributed by atoms with van der Waals surface area (Å²) in [6.45, 7) is 6.47. The van der Waals surface area contributed by atoms with Gasteiger partial charge in [-0.2, -0.15) is 0 Å². The van der Waals surface area contributed by atoms with Crippen molar-refractivity contribution in [2.24, 2.45) is 23.2 Å². The maximum absolute atomic E-state index is 13.5. The van der Waals surface area contributed by atoms with Crippen molar-refractivity contribution in [3.8, 4) is 5.75 Å². The lowest BCUT2D eigenvalue weighted by Crippen LogP contribution is -2.60. The van der Waals surface area contributed by atoms with E-state index in [-0.39, 0.29) is 36.8 Å². The van der Waals surface area contributed by atoms with E-state index in [1.807, 2.05) is 18.2 Å². The topological polar surface area (TPSA) is 116 Å². The third-order valence-corrected chi connectivity index (χ3v) is 9.49. The molecule has 7 atom stereocenters. The highest BCUT2D eigenvalue weighted by atomic mass is 16.5. The first kappa shape index (κ1) is 25.9. The van der Waals surface area contributed by atoms with E-state index < -0.39 is 35.9 Å². The molecular weight excluding hydrogens is 472 g/mol. The Morgan fingerprint density at radius 1 is 1.19 bits per heavy atom. The van der Waals surface area contributed by atoms with Crippen LogP contribution in [0.5, 0.6) is 5.75 Å². The van der Waals surface area contributed by atoms with E-state index in [1.165, 1.54) is 4.90 Å². The number of carbonyl (C=O) groups excluding carboxylic acids is 3. The third kappa shape index (κ3) is 4.28. The summed E-state index contributed by atoms with van der Waals surface area (Å²) in [6.07, 6.45) is 3.04. The van der Waals surface area contributed by atoms with Crippen LogP contribution in [-0.2, 0) is 14.4 Å². The molecule has 2 bridgehead atoms. The number of ketones is 1. The molecule has 8 heteroatoms. The molecule has 1 aromatic carbocycles. The Balaban J connectivity index is 1.52. The number of benzene rings is 1. The largest absolute Gasteiger partial charge is 0.486 e. The number of ether oxygens (including phenoxy) is 1. The highest BCUT2D eigenvalue weighted by molar-refractivity contribution is 6.36. The van der Waals surface area contributed by atoms with E-state index in [9.17, 15) is 24.6 Å². The number of para-hydroxylation sites is 1. The van der Waals surface area contributed by atoms with Crippen LogP contribution in [0.4, 0.5) is 0 Å². The van der Waals surface area contributed by atoms with Gasteiger partial charge in [-0.15, -0.1) is 0 Å². The molecular formula is C29H38N2O6. The number of rotatable bonds is 8. The number of aliphatic hydroxyl groups is 2. The minimum atomic E-state index is -1.12. The fraction of sp³-hybridized carbons (Fsp3) is 0.621. The molecule has 1 aliphatic heterocycles. The fourth-order valence-electron chi connectivity index (χ4n) is 7.28. The van der Waals surface area contributed by atoms with E-state index in [0.29, 0.717) is 29.7 Å². The van der Waals surface area contributed by atoms with Crippen molar-refractivity contribution >= 4 is 17.6 Å². The Bertz CT molecular complexity index is 1110. The van der Waals surface area contributed by atoms with Crippen molar-refractivity contribution < 1.29 is 29.3 Å². The van der Waals surface area contributed by atoms with Crippen molar-refractivity contribution in [1.29, 1.82) is 0 Å². The van der Waals surface area contributed by atoms with Crippen LogP contribution < -0.4 is 10.1 Å². The van der Waals surface area contributed by atoms with Crippen LogP contribution in [0.3, 0.4) is 0 Å². The van der Waals surface area contributed by atoms with Gasteiger partial charge in [0.2, 0.25) is 11.7 Å². The lowest BCUT2D eigenvalue weighted by atomic mass is 9.45. The first-order valence-electron chi connectivity index (χ1n) is 13.6. The zero-order valence-electron chi connectivity index (χ0n) is 21.9. The van der Waals surface area contributed by atoms with Crippen LogP contribution in [0, 0.1) is 23.2 Å². The molecule has 5 aliphatic rings. The normalized spacial score (nSPS) is 32.7. The molecule has 37 heavy (non-hydrogen) atoms. The van der Waals surface area contributed by atoms with Gasteiger partial charge in [-0.05, 0) is 54.6 Å². The number of Topliss-reactive ketones (excluding diaryl/α,β-unsaturated/α-hetero) is 1. The summed E-state index contributed by atoms with van der Waals surface area (Å²) in [5.41, 5.74) is 1.38. The molecule has 8 nitrogen and oxygen atoms in total. The number of fused-ring (bicyclic) bond motifs is 5. The molecule has 3 fully saturated rings. The Labute approximate surface area is 218 Å². The summed E-state index contributed by atoms with van der Waals surface area (Å²) >= 11 is 0. The standard InChI is InChI=1S/C29H38N2O6/c1-4-22(33)28(36)31(15-16-9-10-17-13-20(16)29(17,2)3)21-14-19(27(35)30-11-12-32)24-18-7-5-6-8-23(18)37-26(24)25(21)34/h5-8,14,16-17,20-21,24-26,32,34H,4,9-13,15H2,1-3H3,(H,30,35)/t16-,17-,20-,21+,24-,25-,26-/m0/s1. The molecule has 4 aliphatic carbocycles. The van der Waals surface area contributed by atoms with Crippen LogP contribution in [-0.4, -0.2) is 70.7 Å². The first-order valence-corrected chi connectivity index (χ1v) is 13.6. The lowest BCUT2D eigenvalue weighted by molar-refractivity contribution is -0.153. The second-order valence-electron chi connectivity index (χ2n) is 11.6. The molecule has 200 valence electrons. The number of carbonyl (C=O) groups is 3. The molecule has 6 rings (SSSR count). The predicted octanol–water partition coefficient (Wildman–Crippen LogP) is 2.19. The van der Waals surface area contributed by atoms with Crippen molar-refractivity contribution in [2.75, 3.05) is 19.7 Å². The fourth-order valence-corrected chi connectivity index (χ4v) is 7.28. The molecule has 0 unspecified atom stereocenters. The van der Waals surface area contributed by atoms with Crippen LogP contribution in [0.1, 0.15) is 57.9 Å². The first-order chi connectivity index (χ1) is 17.7. The second kappa shape index (κ2) is 9.87. The summed E-state index contributed by atoms with van der Waals surface area (Å²) in [5, 5.41) is 23.6. The summed E-state index contributed by atoms with van der Waals surface area (Å²) in [5.74, 6) is -0.0526. The van der Waals surface area contributed by atoms with Crippen molar-refractivity contribution in [3.63, 3.8) is 0 Å². The average Bonchev–Trinajstić information content (AvgIpc) is 3.30. The van der Waals surface area contributed by atoms with Crippen LogP contribution in [0.25, 0.3) is 0 Å². The van der Waals surface area contributed by atoms with Gasteiger partial charge in [-0.1, -0.05) is 39.0 Å². The van der Waals surface area contributed by atoms with E-state index in [0.717, 1.165) is 24.8 Å². The molecule has 0 aromatic heterocycles. The van der Waals surface area contributed by atoms with Crippen LogP contribution >= 0.6 is 0 Å². The van der Waals surface area contributed by atoms with E-state index in [2.05, 4.69) is 19.2 Å². The Morgan fingerprint density at radius 3 is 2.62 bits per heavy atom. The second-order valence-corrected chi connectivity index (χ2v) is 11.6. The van der Waals surface area contributed by atoms with Crippen LogP contribution in [0.2, 0.25) is 0 Å². The number of aliphatic hydroxyl groups excluding tert-OH is 2. The van der Waals surface area contributed by atoms with E-state index in [1.54, 1.807) is 19.1 Å². The van der Waals surface area contributed by atoms with Gasteiger partial charge in [0.25, 0.3) is 5.91 Å². The Hall–Kier alpha value is -2.71. The quantitative estimate of drug-likeness (QED) is 0.462. The predicted molar refractivity (Wildman–Crippen MR) is 137 cm³/mol. The molecule has 3 saturated carbocycles. The molecule has 0 saturated heterocycles. The number of nitrogens with zero attached hydrogens (tertiary/aromatic N) is 1. The number of hydrogen-bond donors (Lipinski definition) is 3. The zero-order chi connectivity index (χ0) is 26.5. The van der Waals surface area contributed by atoms with Crippen molar-refractivity contribution in [1.82, 2.24) is 10.2 Å². The highest BCUT2D eigenvalue weighted by Crippen LogP contribution is 2.61. The van der Waals surface area contributed by atoms with Gasteiger partial charge < -0.3 is 25.2 Å². The lowest BCUT2D eigenvalue weighted by Gasteiger charge is -2.61. The molecule has 1 heterocycles. The van der Waals surface area contributed by atoms with Gasteiger partial charge in [0.05, 0.1) is 18.6 Å². The van der Waals surface area contributed by atoms with Crippen LogP contribution in [0.15, 0.2) is 35.9 Å². The Kier molecular flexibility index (Phi) is 6.92. The monoisotopic (exact) mass is 510 g/mol. The van der Waals surface area contributed by atoms with Gasteiger partial charge in [-0.3, -0.25) is 14.4 Å². The summed E-state index contributed by atoms with van der Waals surface area (Å²) in [7, 11) is 0. The number of amides is 2. The summed E-state index contributed by atoms with van der Waals surface area (Å²) in [4.78, 5) is 41.0. The third-order valence-electron chi connectivity index (χ3n) is 9.49. The Morgan fingerprint density at radius 2 is 1.95 bits per heavy atom. The minimum Gasteiger partial charge on any atom is -0.486 e. The maximum Gasteiger partial charge on any atom is 0.290 e. The van der Waals surface area contributed by atoms with Crippen molar-refractivity contribution in [3.05, 3.63) is 41.5 Å². The molecule has 3 N–H and O–H groups in total. The number of nitrogens with one attached hydrogen (secondary N) is 1. The number of hydrogen-bond acceptors (Lipinski definition) is 6.